The van der Waals surface area contributed by atoms with Crippen LogP contribution in [0.1, 0.15) is 0 Å². The van der Waals surface area contributed by atoms with Crippen molar-refractivity contribution in [3.63, 3.8) is 0 Å². The molecule has 0 saturated heterocycles. The van der Waals surface area contributed by atoms with E-state index in [2.05, 4.69) is 0 Å². The van der Waals surface area contributed by atoms with E-state index in [0.717, 1.165) is 0 Å². The summed E-state index contributed by atoms with van der Waals surface area (Å²) in [6.45, 7) is 3.51. The molecule has 0 heterocycles. The molecule has 0 fully saturated rings. The number of carboxylic acid groups (broad SMARTS) is 2. The minimum absolute atomic E-state index is 0.0694. The number of rotatable bonds is 14. The van der Waals surface area contributed by atoms with Gasteiger partial charge in [0, 0.05) is 51.4 Å². The molecule has 0 amide bonds. The Kier molecular flexibility index (Phi) is 28.1. The van der Waals surface area contributed by atoms with Crippen LogP contribution >= 0.6 is 0 Å². The van der Waals surface area contributed by atoms with Crippen LogP contribution in [0.25, 0.3) is 0 Å². The average Bonchev–Trinajstić information content (AvgIpc) is 2.62. The molecule has 0 unspecified atom stereocenters. The number of hydrogen-bond donors (Lipinski definition) is 8. The highest BCUT2D eigenvalue weighted by Crippen LogP contribution is 1.85. The third kappa shape index (κ3) is 29.1. The van der Waals surface area contributed by atoms with Gasteiger partial charge in [0.1, 0.15) is 0 Å². The van der Waals surface area contributed by atoms with Crippen molar-refractivity contribution in [1.82, 2.24) is 9.80 Å². The molecule has 0 aliphatic rings. The summed E-state index contributed by atoms with van der Waals surface area (Å²) in [5, 5.41) is 66.5. The van der Waals surface area contributed by atoms with Gasteiger partial charge in [-0.1, -0.05) is 0 Å². The molecule has 12 heteroatoms. The zero-order valence-electron chi connectivity index (χ0n) is 15.9. The molecule has 12 nitrogen and oxygen atoms in total. The van der Waals surface area contributed by atoms with Crippen LogP contribution in [-0.2, 0) is 9.59 Å². The molecule has 0 aromatic carbocycles. The third-order valence-electron chi connectivity index (χ3n) is 2.87. The maximum atomic E-state index is 9.55. The Morgan fingerprint density at radius 2 is 0.679 bits per heavy atom. The van der Waals surface area contributed by atoms with E-state index in [0.29, 0.717) is 51.4 Å². The first-order chi connectivity index (χ1) is 13.3. The lowest BCUT2D eigenvalue weighted by atomic mass is 10.4. The summed E-state index contributed by atoms with van der Waals surface area (Å²) >= 11 is 0. The molecular formula is C16H34N2O10. The van der Waals surface area contributed by atoms with E-state index in [9.17, 15) is 9.59 Å². The van der Waals surface area contributed by atoms with Crippen molar-refractivity contribution in [2.75, 3.05) is 78.9 Å². The van der Waals surface area contributed by atoms with Crippen molar-refractivity contribution in [2.24, 2.45) is 0 Å². The molecule has 0 aromatic heterocycles. The van der Waals surface area contributed by atoms with E-state index in [1.54, 1.807) is 9.80 Å². The van der Waals surface area contributed by atoms with E-state index in [4.69, 9.17) is 40.9 Å². The van der Waals surface area contributed by atoms with Crippen LogP contribution in [0.15, 0.2) is 12.2 Å². The van der Waals surface area contributed by atoms with Crippen LogP contribution in [0.4, 0.5) is 0 Å². The number of aliphatic hydroxyl groups excluding tert-OH is 6. The monoisotopic (exact) mass is 414 g/mol. The van der Waals surface area contributed by atoms with E-state index in [-0.39, 0.29) is 39.6 Å². The number of aliphatic carboxylic acids is 2. The first-order valence-electron chi connectivity index (χ1n) is 8.56. The number of aliphatic hydroxyl groups is 6. The van der Waals surface area contributed by atoms with Gasteiger partial charge in [0.2, 0.25) is 0 Å². The van der Waals surface area contributed by atoms with Gasteiger partial charge < -0.3 is 40.9 Å². The Balaban J connectivity index is -0.000000337. The fourth-order valence-corrected chi connectivity index (χ4v) is 1.66. The second-order valence-electron chi connectivity index (χ2n) is 5.03. The largest absolute Gasteiger partial charge is 0.478 e. The summed E-state index contributed by atoms with van der Waals surface area (Å²) in [6.07, 6.45) is 1.12. The maximum Gasteiger partial charge on any atom is 0.328 e. The molecule has 0 spiro atoms. The summed E-state index contributed by atoms with van der Waals surface area (Å²) in [6, 6.07) is 0. The topological polar surface area (TPSA) is 202 Å². The van der Waals surface area contributed by atoms with Gasteiger partial charge in [-0.05, 0) is 0 Å². The normalized spacial score (nSPS) is 10.4. The Morgan fingerprint density at radius 1 is 0.500 bits per heavy atom. The zero-order valence-corrected chi connectivity index (χ0v) is 15.9. The number of hydrogen-bond acceptors (Lipinski definition) is 10. The van der Waals surface area contributed by atoms with Crippen molar-refractivity contribution in [3.8, 4) is 0 Å². The van der Waals surface area contributed by atoms with Gasteiger partial charge in [-0.15, -0.1) is 0 Å². The van der Waals surface area contributed by atoms with Crippen molar-refractivity contribution >= 4 is 11.9 Å². The highest BCUT2D eigenvalue weighted by molar-refractivity contribution is 5.89. The quantitative estimate of drug-likeness (QED) is 0.129. The van der Waals surface area contributed by atoms with Crippen molar-refractivity contribution < 1.29 is 50.4 Å². The van der Waals surface area contributed by atoms with E-state index in [1.165, 1.54) is 0 Å². The maximum absolute atomic E-state index is 9.55. The Labute approximate surface area is 164 Å². The van der Waals surface area contributed by atoms with Crippen LogP contribution in [0.2, 0.25) is 0 Å². The number of carboxylic acids is 2. The predicted molar refractivity (Wildman–Crippen MR) is 99.8 cm³/mol. The number of carbonyl (C=O) groups is 2. The molecule has 0 aliphatic carbocycles. The zero-order chi connectivity index (χ0) is 22.2. The highest BCUT2D eigenvalue weighted by Gasteiger charge is 2.01. The van der Waals surface area contributed by atoms with Gasteiger partial charge in [0.05, 0.1) is 39.6 Å². The lowest BCUT2D eigenvalue weighted by Gasteiger charge is -2.17. The number of nitrogens with zero attached hydrogens (tertiary/aromatic N) is 2. The van der Waals surface area contributed by atoms with Gasteiger partial charge in [-0.25, -0.2) is 9.59 Å². The molecular weight excluding hydrogens is 380 g/mol. The first-order valence-corrected chi connectivity index (χ1v) is 8.56. The van der Waals surface area contributed by atoms with Crippen molar-refractivity contribution in [2.45, 2.75) is 0 Å². The second-order valence-corrected chi connectivity index (χ2v) is 5.03. The minimum atomic E-state index is -1.26. The third-order valence-corrected chi connectivity index (χ3v) is 2.87. The van der Waals surface area contributed by atoms with Crippen LogP contribution in [0.3, 0.4) is 0 Å². The van der Waals surface area contributed by atoms with Crippen LogP contribution < -0.4 is 0 Å². The fourth-order valence-electron chi connectivity index (χ4n) is 1.66. The molecule has 0 atom stereocenters. The molecule has 8 N–H and O–H groups in total. The molecule has 0 saturated carbocycles. The second kappa shape index (κ2) is 25.4. The predicted octanol–water partition coefficient (Wildman–Crippen LogP) is -3.76. The lowest BCUT2D eigenvalue weighted by molar-refractivity contribution is -0.134. The Morgan fingerprint density at radius 3 is 0.786 bits per heavy atom. The van der Waals surface area contributed by atoms with E-state index < -0.39 is 11.9 Å². The Bertz CT molecular complexity index is 320. The van der Waals surface area contributed by atoms with E-state index >= 15 is 0 Å². The van der Waals surface area contributed by atoms with Gasteiger partial charge in [-0.2, -0.15) is 0 Å². The smallest absolute Gasteiger partial charge is 0.328 e. The molecule has 28 heavy (non-hydrogen) atoms. The van der Waals surface area contributed by atoms with Crippen molar-refractivity contribution in [3.05, 3.63) is 12.2 Å². The molecule has 0 rings (SSSR count). The Hall–Kier alpha value is -1.64. The summed E-state index contributed by atoms with van der Waals surface area (Å²) in [4.78, 5) is 22.7. The van der Waals surface area contributed by atoms with Crippen LogP contribution in [0, 0.1) is 0 Å². The standard InChI is InChI=1S/2C6H15NO3.C4H4O4/c2*8-4-1-7(2-5-9)3-6-10;5-3(6)1-2-4(7)8/h2*8-10H,1-6H2;1-2H,(H,5,6)(H,7,8)/b;;2-1-. The summed E-state index contributed by atoms with van der Waals surface area (Å²) in [7, 11) is 0. The molecule has 0 aromatic rings. The average molecular weight is 414 g/mol. The summed E-state index contributed by atoms with van der Waals surface area (Å²) in [5.41, 5.74) is 0. The first kappa shape index (κ1) is 31.1. The molecule has 0 radical (unpaired) electrons. The minimum Gasteiger partial charge on any atom is -0.478 e. The summed E-state index contributed by atoms with van der Waals surface area (Å²) in [5.74, 6) is -2.51. The van der Waals surface area contributed by atoms with Crippen LogP contribution in [-0.4, -0.2) is 142 Å². The van der Waals surface area contributed by atoms with Gasteiger partial charge in [0.15, 0.2) is 0 Å². The lowest BCUT2D eigenvalue weighted by Crippen LogP contribution is -2.32. The van der Waals surface area contributed by atoms with Gasteiger partial charge >= 0.3 is 11.9 Å². The molecule has 0 bridgehead atoms. The van der Waals surface area contributed by atoms with Gasteiger partial charge in [0.25, 0.3) is 0 Å². The van der Waals surface area contributed by atoms with Crippen LogP contribution in [0.5, 0.6) is 0 Å². The SMILES string of the molecule is O=C(O)/C=C\C(=O)O.OCCN(CCO)CCO.OCCN(CCO)CCO. The molecule has 168 valence electrons. The van der Waals surface area contributed by atoms with E-state index in [1.807, 2.05) is 0 Å². The molecule has 0 aliphatic heterocycles. The van der Waals surface area contributed by atoms with Crippen molar-refractivity contribution in [1.29, 1.82) is 0 Å². The summed E-state index contributed by atoms with van der Waals surface area (Å²) < 4.78 is 0. The van der Waals surface area contributed by atoms with Gasteiger partial charge in [-0.3, -0.25) is 9.80 Å². The highest BCUT2D eigenvalue weighted by atomic mass is 16.4. The fraction of sp³-hybridized carbons (Fsp3) is 0.750.